The zero-order chi connectivity index (χ0) is 22.4. The first-order valence-electron chi connectivity index (χ1n) is 10.4. The lowest BCUT2D eigenvalue weighted by molar-refractivity contribution is -0.125. The molecule has 0 aliphatic heterocycles. The Morgan fingerprint density at radius 3 is 1.61 bits per heavy atom. The Hall–Kier alpha value is -2.00. The van der Waals surface area contributed by atoms with Crippen molar-refractivity contribution in [2.24, 2.45) is 5.92 Å². The van der Waals surface area contributed by atoms with Crippen molar-refractivity contribution in [3.63, 3.8) is 0 Å². The predicted octanol–water partition coefficient (Wildman–Crippen LogP) is 7.36. The summed E-state index contributed by atoms with van der Waals surface area (Å²) in [6, 6.07) is 23.3. The highest BCUT2D eigenvalue weighted by atomic mass is 35.5. The lowest BCUT2D eigenvalue weighted by atomic mass is 9.86. The Bertz CT molecular complexity index is 985. The van der Waals surface area contributed by atoms with Crippen LogP contribution in [-0.4, -0.2) is 11.9 Å². The largest absolute Gasteiger partial charge is 0.353 e. The van der Waals surface area contributed by atoms with Gasteiger partial charge in [0, 0.05) is 32.9 Å². The molecular weight excluding hydrogens is 449 g/mol. The second-order valence-corrected chi connectivity index (χ2v) is 9.33. The molecule has 3 unspecified atom stereocenters. The molecule has 0 heterocycles. The summed E-state index contributed by atoms with van der Waals surface area (Å²) in [5.41, 5.74) is 3.40. The van der Waals surface area contributed by atoms with Crippen LogP contribution in [0.1, 0.15) is 36.5 Å². The van der Waals surface area contributed by atoms with Crippen LogP contribution >= 0.6 is 34.8 Å². The van der Waals surface area contributed by atoms with E-state index < -0.39 is 0 Å². The van der Waals surface area contributed by atoms with E-state index in [1.807, 2.05) is 79.7 Å². The van der Waals surface area contributed by atoms with Gasteiger partial charge in [-0.1, -0.05) is 78.1 Å². The number of rotatable bonds is 8. The number of nitrogens with one attached hydrogen (secondary N) is 1. The minimum atomic E-state index is -0.148. The van der Waals surface area contributed by atoms with Crippen LogP contribution in [0, 0.1) is 5.92 Å². The smallest absolute Gasteiger partial charge is 0.223 e. The van der Waals surface area contributed by atoms with E-state index in [4.69, 9.17) is 34.8 Å². The molecule has 0 saturated heterocycles. The van der Waals surface area contributed by atoms with Crippen molar-refractivity contribution in [3.05, 3.63) is 105 Å². The molecule has 5 heteroatoms. The molecule has 3 aromatic carbocycles. The molecule has 1 N–H and O–H groups in total. The lowest BCUT2D eigenvalue weighted by Crippen LogP contribution is -2.41. The zero-order valence-electron chi connectivity index (χ0n) is 17.6. The molecule has 2 nitrogen and oxygen atoms in total. The van der Waals surface area contributed by atoms with Crippen molar-refractivity contribution in [3.8, 4) is 0 Å². The summed E-state index contributed by atoms with van der Waals surface area (Å²) in [5, 5.41) is 5.34. The first-order chi connectivity index (χ1) is 14.8. The number of hydrogen-bond donors (Lipinski definition) is 1. The number of carbonyl (C=O) groups is 1. The van der Waals surface area contributed by atoms with E-state index in [1.165, 1.54) is 5.56 Å². The molecule has 0 radical (unpaired) electrons. The Balaban J connectivity index is 1.72. The fourth-order valence-corrected chi connectivity index (χ4v) is 4.08. The van der Waals surface area contributed by atoms with E-state index in [0.717, 1.165) is 17.5 Å². The minimum Gasteiger partial charge on any atom is -0.353 e. The van der Waals surface area contributed by atoms with Crippen LogP contribution in [0.2, 0.25) is 15.1 Å². The third-order valence-electron chi connectivity index (χ3n) is 5.54. The fraction of sp³-hybridized carbons (Fsp3) is 0.269. The van der Waals surface area contributed by atoms with Gasteiger partial charge in [0.05, 0.1) is 0 Å². The molecule has 0 aliphatic rings. The number of amides is 1. The van der Waals surface area contributed by atoms with E-state index in [-0.39, 0.29) is 23.8 Å². The molecule has 1 amide bonds. The molecule has 0 fully saturated rings. The number of carbonyl (C=O) groups excluding carboxylic acids is 1. The highest BCUT2D eigenvalue weighted by Crippen LogP contribution is 2.27. The molecule has 0 spiro atoms. The van der Waals surface area contributed by atoms with Crippen molar-refractivity contribution in [1.82, 2.24) is 5.32 Å². The molecule has 0 aromatic heterocycles. The highest BCUT2D eigenvalue weighted by Gasteiger charge is 2.24. The second kappa shape index (κ2) is 11.0. The van der Waals surface area contributed by atoms with Gasteiger partial charge in [-0.3, -0.25) is 4.79 Å². The number of halogens is 3. The predicted molar refractivity (Wildman–Crippen MR) is 131 cm³/mol. The van der Waals surface area contributed by atoms with E-state index in [0.29, 0.717) is 21.5 Å². The number of hydrogen-bond acceptors (Lipinski definition) is 1. The molecule has 0 bridgehead atoms. The monoisotopic (exact) mass is 473 g/mol. The molecular formula is C26H26Cl3NO. The summed E-state index contributed by atoms with van der Waals surface area (Å²) in [5.74, 6) is -0.00679. The van der Waals surface area contributed by atoms with Gasteiger partial charge in [0.15, 0.2) is 0 Å². The molecule has 3 atom stereocenters. The highest BCUT2D eigenvalue weighted by molar-refractivity contribution is 6.31. The van der Waals surface area contributed by atoms with Crippen molar-refractivity contribution >= 4 is 40.7 Å². The minimum absolute atomic E-state index is 0.0394. The van der Waals surface area contributed by atoms with Crippen LogP contribution in [0.5, 0.6) is 0 Å². The third kappa shape index (κ3) is 7.00. The maximum atomic E-state index is 12.9. The standard InChI is InChI=1S/C26H26Cl3NO/c1-17(15-19-3-9-22(27)10-4-19)26(31)30-18(2)25(21-7-13-24(29)14-8-21)16-20-5-11-23(28)12-6-20/h3-14,17-18,25H,15-16H2,1-2H3,(H,30,31). The summed E-state index contributed by atoms with van der Waals surface area (Å²) < 4.78 is 0. The van der Waals surface area contributed by atoms with Gasteiger partial charge in [0.25, 0.3) is 0 Å². The van der Waals surface area contributed by atoms with Crippen molar-refractivity contribution < 1.29 is 4.79 Å². The SMILES string of the molecule is CC(Cc1ccc(Cl)cc1)C(=O)NC(C)C(Cc1ccc(Cl)cc1)c1ccc(Cl)cc1. The summed E-state index contributed by atoms with van der Waals surface area (Å²) in [7, 11) is 0. The lowest BCUT2D eigenvalue weighted by Gasteiger charge is -2.27. The topological polar surface area (TPSA) is 29.1 Å². The molecule has 0 saturated carbocycles. The van der Waals surface area contributed by atoms with Crippen LogP contribution in [0.3, 0.4) is 0 Å². The maximum absolute atomic E-state index is 12.9. The van der Waals surface area contributed by atoms with Gasteiger partial charge in [-0.15, -0.1) is 0 Å². The van der Waals surface area contributed by atoms with E-state index in [1.54, 1.807) is 0 Å². The maximum Gasteiger partial charge on any atom is 0.223 e. The molecule has 3 rings (SSSR count). The quantitative estimate of drug-likeness (QED) is 0.363. The van der Waals surface area contributed by atoms with Crippen LogP contribution in [-0.2, 0) is 17.6 Å². The average Bonchev–Trinajstić information content (AvgIpc) is 2.75. The average molecular weight is 475 g/mol. The second-order valence-electron chi connectivity index (χ2n) is 8.02. The summed E-state index contributed by atoms with van der Waals surface area (Å²) in [6.45, 7) is 4.01. The van der Waals surface area contributed by atoms with Gasteiger partial charge in [0.2, 0.25) is 5.91 Å². The van der Waals surface area contributed by atoms with Gasteiger partial charge >= 0.3 is 0 Å². The molecule has 162 valence electrons. The van der Waals surface area contributed by atoms with Crippen LogP contribution < -0.4 is 5.32 Å². The van der Waals surface area contributed by atoms with Crippen LogP contribution in [0.15, 0.2) is 72.8 Å². The van der Waals surface area contributed by atoms with Crippen molar-refractivity contribution in [2.75, 3.05) is 0 Å². The van der Waals surface area contributed by atoms with Crippen LogP contribution in [0.4, 0.5) is 0 Å². The summed E-state index contributed by atoms with van der Waals surface area (Å²) >= 11 is 18.1. The Morgan fingerprint density at radius 2 is 1.13 bits per heavy atom. The van der Waals surface area contributed by atoms with Gasteiger partial charge in [-0.05, 0) is 72.9 Å². The number of benzene rings is 3. The first kappa shape index (κ1) is 23.7. The Labute approximate surface area is 199 Å². The Morgan fingerprint density at radius 1 is 0.710 bits per heavy atom. The van der Waals surface area contributed by atoms with E-state index >= 15 is 0 Å². The molecule has 31 heavy (non-hydrogen) atoms. The normalized spacial score (nSPS) is 14.0. The molecule has 3 aromatic rings. The zero-order valence-corrected chi connectivity index (χ0v) is 19.9. The fourth-order valence-electron chi connectivity index (χ4n) is 3.70. The summed E-state index contributed by atoms with van der Waals surface area (Å²) in [4.78, 5) is 12.9. The third-order valence-corrected chi connectivity index (χ3v) is 6.30. The van der Waals surface area contributed by atoms with Crippen molar-refractivity contribution in [2.45, 2.75) is 38.6 Å². The van der Waals surface area contributed by atoms with Crippen molar-refractivity contribution in [1.29, 1.82) is 0 Å². The molecule has 0 aliphatic carbocycles. The Kier molecular flexibility index (Phi) is 8.43. The van der Waals surface area contributed by atoms with E-state index in [9.17, 15) is 4.79 Å². The van der Waals surface area contributed by atoms with Crippen LogP contribution in [0.25, 0.3) is 0 Å². The summed E-state index contributed by atoms with van der Waals surface area (Å²) in [6.07, 6.45) is 1.45. The first-order valence-corrected chi connectivity index (χ1v) is 11.5. The van der Waals surface area contributed by atoms with Gasteiger partial charge < -0.3 is 5.32 Å². The van der Waals surface area contributed by atoms with Gasteiger partial charge in [0.1, 0.15) is 0 Å². The van der Waals surface area contributed by atoms with Gasteiger partial charge in [-0.2, -0.15) is 0 Å². The van der Waals surface area contributed by atoms with E-state index in [2.05, 4.69) is 12.2 Å². The van der Waals surface area contributed by atoms with Gasteiger partial charge in [-0.25, -0.2) is 0 Å².